The van der Waals surface area contributed by atoms with Gasteiger partial charge in [0.25, 0.3) is 10.0 Å². The molecule has 8 nitrogen and oxygen atoms in total. The number of benzene rings is 3. The standard InChI is InChI=1S/C32H40BrN3O5S/c1-6-8-19-34-32(38)29(7-2)35(21-25-13-9-23(3)10-14-25)31(37)22-36(26-15-11-24(4)12-16-26)42(39,40)27-17-18-30(41-5)28(33)20-27/h9-18,20,29H,6-8,19,21-22H2,1-5H3,(H,34,38). The number of sulfonamides is 1. The number of methoxy groups -OCH3 is 1. The molecule has 0 saturated carbocycles. The van der Waals surface area contributed by atoms with Crippen LogP contribution in [0.2, 0.25) is 0 Å². The second kappa shape index (κ2) is 15.2. The zero-order valence-corrected chi connectivity index (χ0v) is 27.3. The van der Waals surface area contributed by atoms with Crippen molar-refractivity contribution in [3.63, 3.8) is 0 Å². The van der Waals surface area contributed by atoms with E-state index in [1.165, 1.54) is 24.1 Å². The van der Waals surface area contributed by atoms with Gasteiger partial charge in [-0.25, -0.2) is 8.42 Å². The average molecular weight is 659 g/mol. The number of halogens is 1. The third kappa shape index (κ3) is 8.35. The molecule has 1 N–H and O–H groups in total. The van der Waals surface area contributed by atoms with E-state index in [0.717, 1.165) is 33.8 Å². The molecule has 1 unspecified atom stereocenters. The second-order valence-electron chi connectivity index (χ2n) is 10.2. The van der Waals surface area contributed by atoms with E-state index < -0.39 is 28.5 Å². The largest absolute Gasteiger partial charge is 0.496 e. The quantitative estimate of drug-likeness (QED) is 0.215. The van der Waals surface area contributed by atoms with Crippen LogP contribution in [0, 0.1) is 13.8 Å². The van der Waals surface area contributed by atoms with Gasteiger partial charge in [0.2, 0.25) is 11.8 Å². The smallest absolute Gasteiger partial charge is 0.264 e. The minimum atomic E-state index is -4.19. The van der Waals surface area contributed by atoms with Crippen LogP contribution in [-0.2, 0) is 26.2 Å². The van der Waals surface area contributed by atoms with Crippen LogP contribution in [0.25, 0.3) is 0 Å². The summed E-state index contributed by atoms with van der Waals surface area (Å²) in [5.74, 6) is -0.254. The molecule has 42 heavy (non-hydrogen) atoms. The van der Waals surface area contributed by atoms with Gasteiger partial charge in [-0.1, -0.05) is 67.8 Å². The summed E-state index contributed by atoms with van der Waals surface area (Å²) in [6.07, 6.45) is 2.12. The lowest BCUT2D eigenvalue weighted by atomic mass is 10.1. The third-order valence-corrected chi connectivity index (χ3v) is 9.39. The van der Waals surface area contributed by atoms with Crippen LogP contribution in [0.4, 0.5) is 5.69 Å². The summed E-state index contributed by atoms with van der Waals surface area (Å²) in [5, 5.41) is 2.95. The number of carbonyl (C=O) groups is 2. The van der Waals surface area contributed by atoms with Crippen LogP contribution in [0.3, 0.4) is 0 Å². The van der Waals surface area contributed by atoms with Crippen molar-refractivity contribution in [2.75, 3.05) is 24.5 Å². The maximum absolute atomic E-state index is 14.2. The maximum atomic E-state index is 14.2. The number of nitrogens with one attached hydrogen (secondary N) is 1. The van der Waals surface area contributed by atoms with Crippen molar-refractivity contribution in [2.45, 2.75) is 64.4 Å². The molecule has 0 saturated heterocycles. The Morgan fingerprint density at radius 3 is 2.12 bits per heavy atom. The molecule has 0 aliphatic carbocycles. The number of nitrogens with zero attached hydrogens (tertiary/aromatic N) is 2. The summed E-state index contributed by atoms with van der Waals surface area (Å²) in [6.45, 7) is 7.95. The molecular formula is C32H40BrN3O5S. The van der Waals surface area contributed by atoms with Gasteiger partial charge in [0.05, 0.1) is 22.2 Å². The molecule has 0 aliphatic heterocycles. The number of amides is 2. The van der Waals surface area contributed by atoms with Crippen molar-refractivity contribution >= 4 is 43.5 Å². The van der Waals surface area contributed by atoms with Crippen molar-refractivity contribution in [3.8, 4) is 5.75 Å². The minimum Gasteiger partial charge on any atom is -0.496 e. The van der Waals surface area contributed by atoms with Gasteiger partial charge in [-0.05, 0) is 78.5 Å². The fourth-order valence-corrected chi connectivity index (χ4v) is 6.62. The van der Waals surface area contributed by atoms with Crippen molar-refractivity contribution in [2.24, 2.45) is 0 Å². The first-order valence-corrected chi connectivity index (χ1v) is 16.3. The second-order valence-corrected chi connectivity index (χ2v) is 12.9. The van der Waals surface area contributed by atoms with E-state index in [1.54, 1.807) is 30.3 Å². The number of anilines is 1. The number of rotatable bonds is 14. The lowest BCUT2D eigenvalue weighted by Crippen LogP contribution is -2.52. The topological polar surface area (TPSA) is 96.0 Å². The SMILES string of the molecule is CCCCNC(=O)C(CC)N(Cc1ccc(C)cc1)C(=O)CN(c1ccc(C)cc1)S(=O)(=O)c1ccc(OC)c(Br)c1. The van der Waals surface area contributed by atoms with Gasteiger partial charge < -0.3 is 15.0 Å². The molecule has 0 fully saturated rings. The summed E-state index contributed by atoms with van der Waals surface area (Å²) < 4.78 is 35.0. The van der Waals surface area contributed by atoms with E-state index in [2.05, 4.69) is 21.2 Å². The summed E-state index contributed by atoms with van der Waals surface area (Å²) in [6, 6.07) is 18.4. The number of hydrogen-bond acceptors (Lipinski definition) is 5. The Balaban J connectivity index is 2.05. The first-order chi connectivity index (χ1) is 20.0. The molecule has 0 aliphatic rings. The van der Waals surface area contributed by atoms with Crippen LogP contribution in [-0.4, -0.2) is 51.4 Å². The fraction of sp³-hybridized carbons (Fsp3) is 0.375. The van der Waals surface area contributed by atoms with Crippen LogP contribution in [0.15, 0.2) is 76.1 Å². The molecule has 0 bridgehead atoms. The Kier molecular flexibility index (Phi) is 12.0. The Labute approximate surface area is 258 Å². The molecule has 0 heterocycles. The number of carbonyl (C=O) groups excluding carboxylic acids is 2. The summed E-state index contributed by atoms with van der Waals surface area (Å²) in [7, 11) is -2.70. The first kappa shape index (κ1) is 33.1. The van der Waals surface area contributed by atoms with Gasteiger partial charge in [0.15, 0.2) is 0 Å². The molecule has 0 spiro atoms. The van der Waals surface area contributed by atoms with Crippen molar-refractivity contribution < 1.29 is 22.7 Å². The average Bonchev–Trinajstić information content (AvgIpc) is 2.97. The first-order valence-electron chi connectivity index (χ1n) is 14.1. The highest BCUT2D eigenvalue weighted by Gasteiger charge is 2.34. The molecule has 2 amide bonds. The molecule has 3 rings (SSSR count). The Bertz CT molecular complexity index is 1460. The Morgan fingerprint density at radius 2 is 1.57 bits per heavy atom. The van der Waals surface area contributed by atoms with Crippen molar-refractivity contribution in [1.29, 1.82) is 0 Å². The van der Waals surface area contributed by atoms with E-state index in [-0.39, 0.29) is 17.3 Å². The normalized spacial score (nSPS) is 12.0. The zero-order chi connectivity index (χ0) is 30.9. The summed E-state index contributed by atoms with van der Waals surface area (Å²) in [5.41, 5.74) is 3.21. The molecule has 1 atom stereocenters. The lowest BCUT2D eigenvalue weighted by Gasteiger charge is -2.33. The van der Waals surface area contributed by atoms with Crippen LogP contribution in [0.1, 0.15) is 49.8 Å². The lowest BCUT2D eigenvalue weighted by molar-refractivity contribution is -0.140. The molecule has 0 aromatic heterocycles. The van der Waals surface area contributed by atoms with Crippen molar-refractivity contribution in [1.82, 2.24) is 10.2 Å². The highest BCUT2D eigenvalue weighted by molar-refractivity contribution is 9.10. The van der Waals surface area contributed by atoms with Gasteiger partial charge >= 0.3 is 0 Å². The molecule has 3 aromatic carbocycles. The minimum absolute atomic E-state index is 0.00187. The number of hydrogen-bond donors (Lipinski definition) is 1. The zero-order valence-electron chi connectivity index (χ0n) is 24.9. The molecule has 0 radical (unpaired) electrons. The third-order valence-electron chi connectivity index (χ3n) is 7.00. The highest BCUT2D eigenvalue weighted by Crippen LogP contribution is 2.31. The van der Waals surface area contributed by atoms with Gasteiger partial charge in [-0.2, -0.15) is 0 Å². The van der Waals surface area contributed by atoms with Crippen LogP contribution >= 0.6 is 15.9 Å². The number of ether oxygens (including phenoxy) is 1. The van der Waals surface area contributed by atoms with Gasteiger partial charge in [-0.15, -0.1) is 0 Å². The highest BCUT2D eigenvalue weighted by atomic mass is 79.9. The van der Waals surface area contributed by atoms with E-state index in [1.807, 2.05) is 52.0 Å². The van der Waals surface area contributed by atoms with E-state index >= 15 is 0 Å². The van der Waals surface area contributed by atoms with Gasteiger partial charge in [0.1, 0.15) is 18.3 Å². The van der Waals surface area contributed by atoms with Crippen molar-refractivity contribution in [3.05, 3.63) is 87.9 Å². The monoisotopic (exact) mass is 657 g/mol. The molecule has 3 aromatic rings. The number of unbranched alkanes of at least 4 members (excludes halogenated alkanes) is 1. The number of aryl methyl sites for hydroxylation is 2. The maximum Gasteiger partial charge on any atom is 0.264 e. The molecule has 10 heteroatoms. The van der Waals surface area contributed by atoms with Crippen LogP contribution < -0.4 is 14.4 Å². The van der Waals surface area contributed by atoms with E-state index in [4.69, 9.17) is 4.74 Å². The van der Waals surface area contributed by atoms with E-state index in [9.17, 15) is 18.0 Å². The predicted molar refractivity (Wildman–Crippen MR) is 170 cm³/mol. The van der Waals surface area contributed by atoms with E-state index in [0.29, 0.717) is 28.9 Å². The summed E-state index contributed by atoms with van der Waals surface area (Å²) in [4.78, 5) is 28.9. The van der Waals surface area contributed by atoms with Gasteiger partial charge in [-0.3, -0.25) is 13.9 Å². The predicted octanol–water partition coefficient (Wildman–Crippen LogP) is 5.99. The van der Waals surface area contributed by atoms with Gasteiger partial charge in [0, 0.05) is 13.1 Å². The summed E-state index contributed by atoms with van der Waals surface area (Å²) >= 11 is 3.37. The molecular weight excluding hydrogens is 618 g/mol. The Morgan fingerprint density at radius 1 is 0.952 bits per heavy atom. The Hall–Kier alpha value is -3.37. The fourth-order valence-electron chi connectivity index (χ4n) is 4.49. The molecule has 226 valence electrons. The van der Waals surface area contributed by atoms with Crippen LogP contribution in [0.5, 0.6) is 5.75 Å².